The number of aliphatic carboxylic acids is 1. The van der Waals surface area contributed by atoms with E-state index in [1.165, 1.54) is 18.4 Å². The topological polar surface area (TPSA) is 63.3 Å². The zero-order valence-electron chi connectivity index (χ0n) is 8.52. The molecule has 1 aromatic carbocycles. The number of hydrogen-bond donors (Lipinski definition) is 2. The van der Waals surface area contributed by atoms with Crippen LogP contribution >= 0.6 is 0 Å². The summed E-state index contributed by atoms with van der Waals surface area (Å²) in [7, 11) is 0. The lowest BCUT2D eigenvalue weighted by atomic mass is 10.0. The molecule has 0 bridgehead atoms. The minimum atomic E-state index is -0.938. The number of carboxylic acid groups (broad SMARTS) is 1. The fraction of sp³-hybridized carbons (Fsp3) is 0.417. The van der Waals surface area contributed by atoms with Gasteiger partial charge in [0.1, 0.15) is 6.04 Å². The number of hydrogen-bond acceptors (Lipinski definition) is 2. The molecule has 15 heavy (non-hydrogen) atoms. The molecule has 3 heteroatoms. The van der Waals surface area contributed by atoms with Crippen LogP contribution in [0.4, 0.5) is 0 Å². The Morgan fingerprint density at radius 1 is 1.53 bits per heavy atom. The van der Waals surface area contributed by atoms with Gasteiger partial charge in [0, 0.05) is 0 Å². The molecule has 1 aliphatic carbocycles. The molecule has 3 nitrogen and oxygen atoms in total. The third-order valence-electron chi connectivity index (χ3n) is 2.77. The van der Waals surface area contributed by atoms with Crippen molar-refractivity contribution in [2.45, 2.75) is 31.2 Å². The smallest absolute Gasteiger partial charge is 0.320 e. The molecule has 1 aromatic rings. The normalized spacial score (nSPS) is 17.4. The zero-order chi connectivity index (χ0) is 10.8. The zero-order valence-corrected chi connectivity index (χ0v) is 8.52. The highest BCUT2D eigenvalue weighted by molar-refractivity contribution is 5.73. The summed E-state index contributed by atoms with van der Waals surface area (Å²) < 4.78 is 0. The van der Waals surface area contributed by atoms with Crippen LogP contribution in [0.5, 0.6) is 0 Å². The molecule has 1 saturated carbocycles. The average Bonchev–Trinajstić information content (AvgIpc) is 3.01. The second kappa shape index (κ2) is 4.03. The lowest BCUT2D eigenvalue weighted by Crippen LogP contribution is -2.32. The van der Waals surface area contributed by atoms with Gasteiger partial charge < -0.3 is 10.8 Å². The first kappa shape index (κ1) is 10.2. The first-order valence-corrected chi connectivity index (χ1v) is 5.24. The van der Waals surface area contributed by atoms with Crippen LogP contribution in [0.3, 0.4) is 0 Å². The molecule has 0 aromatic heterocycles. The maximum atomic E-state index is 10.6. The summed E-state index contributed by atoms with van der Waals surface area (Å²) in [6.07, 6.45) is 2.93. The number of carboxylic acids is 1. The van der Waals surface area contributed by atoms with Crippen LogP contribution in [0, 0.1) is 0 Å². The monoisotopic (exact) mass is 205 g/mol. The molecule has 0 spiro atoms. The van der Waals surface area contributed by atoms with Gasteiger partial charge in [0.05, 0.1) is 0 Å². The van der Waals surface area contributed by atoms with Gasteiger partial charge >= 0.3 is 5.97 Å². The van der Waals surface area contributed by atoms with Crippen LogP contribution in [0.15, 0.2) is 24.3 Å². The van der Waals surface area contributed by atoms with Crippen LogP contribution in [0.1, 0.15) is 29.9 Å². The van der Waals surface area contributed by atoms with Crippen molar-refractivity contribution in [3.8, 4) is 0 Å². The second-order valence-electron chi connectivity index (χ2n) is 4.17. The summed E-state index contributed by atoms with van der Waals surface area (Å²) >= 11 is 0. The second-order valence-corrected chi connectivity index (χ2v) is 4.17. The van der Waals surface area contributed by atoms with Gasteiger partial charge in [-0.25, -0.2) is 0 Å². The van der Waals surface area contributed by atoms with E-state index >= 15 is 0 Å². The number of rotatable bonds is 4. The molecule has 1 aliphatic rings. The molecule has 1 fully saturated rings. The third kappa shape index (κ3) is 2.57. The Labute approximate surface area is 88.9 Å². The molecule has 1 unspecified atom stereocenters. The highest BCUT2D eigenvalue weighted by atomic mass is 16.4. The fourth-order valence-corrected chi connectivity index (χ4v) is 1.73. The standard InChI is InChI=1S/C12H15NO2/c13-11(12(14)15)7-8-2-1-3-10(6-8)9-4-5-9/h1-3,6,9,11H,4-5,7,13H2,(H,14,15). The average molecular weight is 205 g/mol. The summed E-state index contributed by atoms with van der Waals surface area (Å²) in [5, 5.41) is 8.71. The van der Waals surface area contributed by atoms with E-state index in [4.69, 9.17) is 10.8 Å². The van der Waals surface area contributed by atoms with E-state index in [1.807, 2.05) is 12.1 Å². The molecule has 1 atom stereocenters. The van der Waals surface area contributed by atoms with Gasteiger partial charge in [0.25, 0.3) is 0 Å². The molecular weight excluding hydrogens is 190 g/mol. The Morgan fingerprint density at radius 2 is 2.27 bits per heavy atom. The van der Waals surface area contributed by atoms with Crippen LogP contribution in [0.25, 0.3) is 0 Å². The first-order chi connectivity index (χ1) is 7.16. The van der Waals surface area contributed by atoms with Crippen molar-refractivity contribution < 1.29 is 9.90 Å². The van der Waals surface area contributed by atoms with Gasteiger partial charge in [0.15, 0.2) is 0 Å². The first-order valence-electron chi connectivity index (χ1n) is 5.24. The SMILES string of the molecule is NC(Cc1cccc(C2CC2)c1)C(=O)O. The molecular formula is C12H15NO2. The Morgan fingerprint density at radius 3 is 2.87 bits per heavy atom. The van der Waals surface area contributed by atoms with E-state index in [1.54, 1.807) is 0 Å². The predicted octanol–water partition coefficient (Wildman–Crippen LogP) is 1.52. The van der Waals surface area contributed by atoms with E-state index in [-0.39, 0.29) is 0 Å². The lowest BCUT2D eigenvalue weighted by molar-refractivity contribution is -0.138. The van der Waals surface area contributed by atoms with E-state index in [0.717, 1.165) is 5.56 Å². The summed E-state index contributed by atoms with van der Waals surface area (Å²) in [6, 6.07) is 7.32. The van der Waals surface area contributed by atoms with Crippen molar-refractivity contribution in [3.05, 3.63) is 35.4 Å². The molecule has 2 rings (SSSR count). The van der Waals surface area contributed by atoms with Crippen molar-refractivity contribution in [2.24, 2.45) is 5.73 Å². The van der Waals surface area contributed by atoms with Crippen molar-refractivity contribution in [2.75, 3.05) is 0 Å². The van der Waals surface area contributed by atoms with E-state index in [9.17, 15) is 4.79 Å². The van der Waals surface area contributed by atoms with Gasteiger partial charge in [-0.05, 0) is 36.3 Å². The van der Waals surface area contributed by atoms with Crippen LogP contribution in [-0.4, -0.2) is 17.1 Å². The van der Waals surface area contributed by atoms with Crippen molar-refractivity contribution >= 4 is 5.97 Å². The molecule has 0 saturated heterocycles. The Kier molecular flexibility index (Phi) is 2.73. The van der Waals surface area contributed by atoms with Crippen LogP contribution in [0.2, 0.25) is 0 Å². The quantitative estimate of drug-likeness (QED) is 0.783. The van der Waals surface area contributed by atoms with Crippen molar-refractivity contribution in [3.63, 3.8) is 0 Å². The van der Waals surface area contributed by atoms with Gasteiger partial charge in [0.2, 0.25) is 0 Å². The molecule has 0 heterocycles. The minimum Gasteiger partial charge on any atom is -0.480 e. The summed E-state index contributed by atoms with van der Waals surface area (Å²) in [5.41, 5.74) is 7.84. The molecule has 0 radical (unpaired) electrons. The minimum absolute atomic E-state index is 0.413. The van der Waals surface area contributed by atoms with Gasteiger partial charge in [-0.2, -0.15) is 0 Å². The summed E-state index contributed by atoms with van der Waals surface area (Å²) in [4.78, 5) is 10.6. The highest BCUT2D eigenvalue weighted by Gasteiger charge is 2.23. The van der Waals surface area contributed by atoms with E-state index in [2.05, 4.69) is 12.1 Å². The van der Waals surface area contributed by atoms with Gasteiger partial charge in [-0.15, -0.1) is 0 Å². The number of nitrogens with two attached hydrogens (primary N) is 1. The van der Waals surface area contributed by atoms with Crippen molar-refractivity contribution in [1.82, 2.24) is 0 Å². The Bertz CT molecular complexity index is 372. The number of benzene rings is 1. The van der Waals surface area contributed by atoms with Crippen molar-refractivity contribution in [1.29, 1.82) is 0 Å². The molecule has 0 amide bonds. The maximum Gasteiger partial charge on any atom is 0.320 e. The fourth-order valence-electron chi connectivity index (χ4n) is 1.73. The number of carbonyl (C=O) groups is 1. The van der Waals surface area contributed by atoms with Gasteiger partial charge in [-0.3, -0.25) is 4.79 Å². The predicted molar refractivity (Wildman–Crippen MR) is 57.7 cm³/mol. The van der Waals surface area contributed by atoms with Gasteiger partial charge in [-0.1, -0.05) is 24.3 Å². The lowest BCUT2D eigenvalue weighted by Gasteiger charge is -2.07. The van der Waals surface area contributed by atoms with Crippen LogP contribution < -0.4 is 5.73 Å². The third-order valence-corrected chi connectivity index (χ3v) is 2.77. The Balaban J connectivity index is 2.07. The summed E-state index contributed by atoms with van der Waals surface area (Å²) in [6.45, 7) is 0. The molecule has 80 valence electrons. The molecule has 0 aliphatic heterocycles. The highest BCUT2D eigenvalue weighted by Crippen LogP contribution is 2.40. The Hall–Kier alpha value is -1.35. The van der Waals surface area contributed by atoms with E-state index in [0.29, 0.717) is 12.3 Å². The largest absolute Gasteiger partial charge is 0.480 e. The van der Waals surface area contributed by atoms with Crippen LogP contribution in [-0.2, 0) is 11.2 Å². The maximum absolute atomic E-state index is 10.6. The van der Waals surface area contributed by atoms with E-state index < -0.39 is 12.0 Å². The molecule has 3 N–H and O–H groups in total. The summed E-state index contributed by atoms with van der Waals surface area (Å²) in [5.74, 6) is -0.238.